The molecule has 2 amide bonds. The van der Waals surface area contributed by atoms with Crippen molar-refractivity contribution in [1.82, 2.24) is 9.80 Å². The molecule has 126 valence electrons. The molecule has 0 N–H and O–H groups in total. The van der Waals surface area contributed by atoms with Crippen molar-refractivity contribution in [1.29, 1.82) is 0 Å². The maximum atomic E-state index is 13.8. The Morgan fingerprint density at radius 1 is 1.17 bits per heavy atom. The monoisotopic (exact) mass is 330 g/mol. The van der Waals surface area contributed by atoms with Gasteiger partial charge >= 0.3 is 0 Å². The molecule has 0 unspecified atom stereocenters. The number of benzene rings is 1. The summed E-state index contributed by atoms with van der Waals surface area (Å²) in [4.78, 5) is 26.9. The molecular formula is C15H17F3N2O3. The molecule has 0 spiro atoms. The van der Waals surface area contributed by atoms with Crippen molar-refractivity contribution in [3.63, 3.8) is 0 Å². The number of rotatable bonds is 4. The predicted molar refractivity (Wildman–Crippen MR) is 75.7 cm³/mol. The average Bonchev–Trinajstić information content (AvgIpc) is 2.55. The smallest absolute Gasteiger partial charge is 0.263 e. The van der Waals surface area contributed by atoms with Crippen LogP contribution in [-0.4, -0.2) is 61.5 Å². The summed E-state index contributed by atoms with van der Waals surface area (Å²) in [5.74, 6) is -1.67. The van der Waals surface area contributed by atoms with E-state index in [4.69, 9.17) is 4.74 Å². The fourth-order valence-electron chi connectivity index (χ4n) is 2.39. The second-order valence-corrected chi connectivity index (χ2v) is 5.15. The molecule has 23 heavy (non-hydrogen) atoms. The lowest BCUT2D eigenvalue weighted by Crippen LogP contribution is -2.51. The number of carbonyl (C=O) groups excluding carboxylic acids is 2. The Balaban J connectivity index is 2.05. The van der Waals surface area contributed by atoms with Crippen LogP contribution in [0.1, 0.15) is 22.3 Å². The molecule has 1 aromatic carbocycles. The molecular weight excluding hydrogens is 313 g/mol. The summed E-state index contributed by atoms with van der Waals surface area (Å²) in [5, 5.41) is 0. The average molecular weight is 330 g/mol. The minimum Gasteiger partial charge on any atom is -0.375 e. The number of piperazine rings is 1. The largest absolute Gasteiger partial charge is 0.375 e. The van der Waals surface area contributed by atoms with Crippen LogP contribution < -0.4 is 0 Å². The number of alkyl halides is 2. The molecule has 5 nitrogen and oxygen atoms in total. The number of methoxy groups -OCH3 is 1. The van der Waals surface area contributed by atoms with E-state index in [9.17, 15) is 22.8 Å². The Labute approximate surface area is 131 Å². The lowest BCUT2D eigenvalue weighted by Gasteiger charge is -2.34. The van der Waals surface area contributed by atoms with E-state index < -0.39 is 23.7 Å². The normalized spacial score (nSPS) is 15.2. The van der Waals surface area contributed by atoms with E-state index in [-0.39, 0.29) is 31.2 Å². The first kappa shape index (κ1) is 17.3. The van der Waals surface area contributed by atoms with Crippen molar-refractivity contribution in [2.45, 2.75) is 6.43 Å². The van der Waals surface area contributed by atoms with E-state index in [1.807, 2.05) is 0 Å². The van der Waals surface area contributed by atoms with Crippen molar-refractivity contribution in [3.8, 4) is 0 Å². The van der Waals surface area contributed by atoms with Crippen molar-refractivity contribution in [2.24, 2.45) is 0 Å². The lowest BCUT2D eigenvalue weighted by atomic mass is 10.1. The third-order valence-electron chi connectivity index (χ3n) is 3.66. The molecule has 0 aromatic heterocycles. The first-order valence-corrected chi connectivity index (χ1v) is 7.07. The highest BCUT2D eigenvalue weighted by Crippen LogP contribution is 2.22. The van der Waals surface area contributed by atoms with Crippen molar-refractivity contribution in [2.75, 3.05) is 39.9 Å². The van der Waals surface area contributed by atoms with E-state index in [0.717, 1.165) is 18.2 Å². The zero-order valence-corrected chi connectivity index (χ0v) is 12.6. The predicted octanol–water partition coefficient (Wildman–Crippen LogP) is 1.69. The van der Waals surface area contributed by atoms with Gasteiger partial charge < -0.3 is 14.5 Å². The molecule has 0 bridgehead atoms. The Bertz CT molecular complexity index is 587. The lowest BCUT2D eigenvalue weighted by molar-refractivity contribution is -0.136. The fourth-order valence-corrected chi connectivity index (χ4v) is 2.39. The number of nitrogens with zero attached hydrogens (tertiary/aromatic N) is 2. The molecule has 0 saturated carbocycles. The van der Waals surface area contributed by atoms with Crippen LogP contribution in [-0.2, 0) is 9.53 Å². The van der Waals surface area contributed by atoms with Crippen molar-refractivity contribution in [3.05, 3.63) is 35.1 Å². The quantitative estimate of drug-likeness (QED) is 0.844. The highest BCUT2D eigenvalue weighted by Gasteiger charge is 2.26. The van der Waals surface area contributed by atoms with Crippen LogP contribution in [0.25, 0.3) is 0 Å². The Morgan fingerprint density at radius 3 is 2.35 bits per heavy atom. The van der Waals surface area contributed by atoms with Gasteiger partial charge in [0.05, 0.1) is 5.56 Å². The van der Waals surface area contributed by atoms with E-state index in [2.05, 4.69) is 0 Å². The van der Waals surface area contributed by atoms with Gasteiger partial charge in [-0.1, -0.05) is 6.07 Å². The van der Waals surface area contributed by atoms with Gasteiger partial charge in [-0.25, -0.2) is 13.2 Å². The molecule has 8 heteroatoms. The summed E-state index contributed by atoms with van der Waals surface area (Å²) >= 11 is 0. The Hall–Kier alpha value is -2.09. The zero-order chi connectivity index (χ0) is 17.0. The van der Waals surface area contributed by atoms with Gasteiger partial charge in [0.2, 0.25) is 5.91 Å². The van der Waals surface area contributed by atoms with Gasteiger partial charge in [0.1, 0.15) is 12.4 Å². The molecule has 0 aliphatic carbocycles. The molecule has 1 fully saturated rings. The van der Waals surface area contributed by atoms with Gasteiger partial charge in [-0.15, -0.1) is 0 Å². The number of hydrogen-bond acceptors (Lipinski definition) is 3. The molecule has 1 heterocycles. The second-order valence-electron chi connectivity index (χ2n) is 5.15. The van der Waals surface area contributed by atoms with Gasteiger partial charge in [-0.05, 0) is 12.1 Å². The van der Waals surface area contributed by atoms with Crippen LogP contribution in [0.2, 0.25) is 0 Å². The van der Waals surface area contributed by atoms with Crippen LogP contribution in [0, 0.1) is 5.82 Å². The zero-order valence-electron chi connectivity index (χ0n) is 12.6. The number of ether oxygens (including phenoxy) is 1. The summed E-state index contributed by atoms with van der Waals surface area (Å²) in [6, 6.07) is 2.70. The van der Waals surface area contributed by atoms with Crippen molar-refractivity contribution < 1.29 is 27.5 Å². The minimum absolute atomic E-state index is 0.0427. The van der Waals surface area contributed by atoms with Crippen LogP contribution in [0.15, 0.2) is 18.2 Å². The molecule has 0 radical (unpaired) electrons. The number of carbonyl (C=O) groups is 2. The summed E-state index contributed by atoms with van der Waals surface area (Å²) < 4.78 is 43.9. The third kappa shape index (κ3) is 4.01. The summed E-state index contributed by atoms with van der Waals surface area (Å²) in [5.41, 5.74) is -0.775. The van der Waals surface area contributed by atoms with Crippen LogP contribution >= 0.6 is 0 Å². The van der Waals surface area contributed by atoms with Crippen LogP contribution in [0.3, 0.4) is 0 Å². The number of amides is 2. The SMILES string of the molecule is COCC(=O)N1CCN(C(=O)c2cc(C(F)F)ccc2F)CC1. The summed E-state index contributed by atoms with van der Waals surface area (Å²) in [6.07, 6.45) is -2.77. The third-order valence-corrected chi connectivity index (χ3v) is 3.66. The Morgan fingerprint density at radius 2 is 1.78 bits per heavy atom. The van der Waals surface area contributed by atoms with Gasteiger partial charge in [0, 0.05) is 38.9 Å². The highest BCUT2D eigenvalue weighted by molar-refractivity contribution is 5.95. The number of halogens is 3. The molecule has 0 atom stereocenters. The maximum absolute atomic E-state index is 13.8. The maximum Gasteiger partial charge on any atom is 0.263 e. The topological polar surface area (TPSA) is 49.9 Å². The summed E-state index contributed by atoms with van der Waals surface area (Å²) in [7, 11) is 1.41. The Kier molecular flexibility index (Phi) is 5.59. The second kappa shape index (κ2) is 7.45. The van der Waals surface area contributed by atoms with E-state index >= 15 is 0 Å². The standard InChI is InChI=1S/C15H17F3N2O3/c1-23-9-13(21)19-4-6-20(7-5-19)15(22)11-8-10(14(17)18)2-3-12(11)16/h2-3,8,14H,4-7,9H2,1H3. The van der Waals surface area contributed by atoms with Gasteiger partial charge in [-0.2, -0.15) is 0 Å². The first-order chi connectivity index (χ1) is 10.9. The van der Waals surface area contributed by atoms with E-state index in [0.29, 0.717) is 13.1 Å². The van der Waals surface area contributed by atoms with E-state index in [1.165, 1.54) is 12.0 Å². The molecule has 1 aliphatic rings. The van der Waals surface area contributed by atoms with Crippen molar-refractivity contribution >= 4 is 11.8 Å². The first-order valence-electron chi connectivity index (χ1n) is 7.07. The van der Waals surface area contributed by atoms with Gasteiger partial charge in [0.15, 0.2) is 0 Å². The minimum atomic E-state index is -2.77. The molecule has 2 rings (SSSR count). The number of hydrogen-bond donors (Lipinski definition) is 0. The fraction of sp³-hybridized carbons (Fsp3) is 0.467. The summed E-state index contributed by atoms with van der Waals surface area (Å²) in [6.45, 7) is 0.979. The highest BCUT2D eigenvalue weighted by atomic mass is 19.3. The van der Waals surface area contributed by atoms with E-state index in [1.54, 1.807) is 4.90 Å². The molecule has 1 aliphatic heterocycles. The molecule has 1 aromatic rings. The molecule has 1 saturated heterocycles. The van der Waals surface area contributed by atoms with Gasteiger partial charge in [0.25, 0.3) is 12.3 Å². The van der Waals surface area contributed by atoms with Gasteiger partial charge in [-0.3, -0.25) is 9.59 Å². The van der Waals surface area contributed by atoms with Crippen LogP contribution in [0.4, 0.5) is 13.2 Å². The van der Waals surface area contributed by atoms with Crippen LogP contribution in [0.5, 0.6) is 0 Å².